The van der Waals surface area contributed by atoms with Crippen LogP contribution in [-0.2, 0) is 9.59 Å². The second-order valence-electron chi connectivity index (χ2n) is 12.1. The van der Waals surface area contributed by atoms with Gasteiger partial charge in [-0.05, 0) is 12.8 Å². The molecule has 0 spiro atoms. The van der Waals surface area contributed by atoms with E-state index in [2.05, 4.69) is 42.0 Å². The Hall–Kier alpha value is 0.190. The second kappa shape index (κ2) is 26.4. The first-order valence-corrected chi connectivity index (χ1v) is 16.0. The third kappa shape index (κ3) is 29.0. The average Bonchev–Trinajstić information content (AvgIpc) is 2.76. The molecule has 37 heavy (non-hydrogen) atoms. The summed E-state index contributed by atoms with van der Waals surface area (Å²) in [6.45, 7) is 7.86. The van der Waals surface area contributed by atoms with E-state index in [4.69, 9.17) is 0 Å². The molecule has 0 heterocycles. The van der Waals surface area contributed by atoms with Gasteiger partial charge in [0.2, 0.25) is 0 Å². The Balaban J connectivity index is -0.00000578. The number of thioether (sulfide) groups is 1. The van der Waals surface area contributed by atoms with Crippen molar-refractivity contribution in [3.63, 3.8) is 0 Å². The molecule has 0 bridgehead atoms. The quantitative estimate of drug-likeness (QED) is 0.0757. The molecule has 7 heteroatoms. The first-order chi connectivity index (χ1) is 16.6. The van der Waals surface area contributed by atoms with E-state index in [1.165, 1.54) is 77.0 Å². The van der Waals surface area contributed by atoms with Gasteiger partial charge in [0.1, 0.15) is 13.1 Å². The van der Waals surface area contributed by atoms with Crippen LogP contribution in [0.2, 0.25) is 0 Å². The fourth-order valence-corrected chi connectivity index (χ4v) is 6.01. The van der Waals surface area contributed by atoms with Crippen molar-refractivity contribution in [3.8, 4) is 0 Å². The highest BCUT2D eigenvalue weighted by molar-refractivity contribution is 7.99. The van der Waals surface area contributed by atoms with E-state index in [1.807, 2.05) is 11.8 Å². The van der Waals surface area contributed by atoms with Crippen LogP contribution in [0.25, 0.3) is 0 Å². The molecule has 0 saturated carbocycles. The minimum atomic E-state index is 0. The van der Waals surface area contributed by atoms with Gasteiger partial charge in [-0.3, -0.25) is 9.59 Å². The zero-order valence-electron chi connectivity index (χ0n) is 25.5. The van der Waals surface area contributed by atoms with Gasteiger partial charge in [0.05, 0.1) is 41.3 Å². The number of quaternary nitrogens is 2. The predicted molar refractivity (Wildman–Crippen MR) is 171 cm³/mol. The number of hydrogen-bond donors (Lipinski definition) is 0. The minimum absolute atomic E-state index is 0. The Morgan fingerprint density at radius 3 is 1.14 bits per heavy atom. The molecule has 4 nitrogen and oxygen atoms in total. The van der Waals surface area contributed by atoms with Gasteiger partial charge in [0.25, 0.3) is 0 Å². The molecule has 0 aliphatic rings. The van der Waals surface area contributed by atoms with Crippen molar-refractivity contribution in [2.45, 2.75) is 117 Å². The zero-order chi connectivity index (χ0) is 26.4. The largest absolute Gasteiger partial charge is 0.322 e. The van der Waals surface area contributed by atoms with E-state index in [-0.39, 0.29) is 24.8 Å². The van der Waals surface area contributed by atoms with E-state index in [1.54, 1.807) is 0 Å². The van der Waals surface area contributed by atoms with Gasteiger partial charge in [-0.2, -0.15) is 11.8 Å². The van der Waals surface area contributed by atoms with Crippen LogP contribution in [-0.4, -0.2) is 86.4 Å². The van der Waals surface area contributed by atoms with Crippen molar-refractivity contribution < 1.29 is 18.6 Å². The van der Waals surface area contributed by atoms with Gasteiger partial charge in [-0.15, -0.1) is 24.8 Å². The summed E-state index contributed by atoms with van der Waals surface area (Å²) in [6.07, 6.45) is 19.2. The lowest BCUT2D eigenvalue weighted by molar-refractivity contribution is -0.880. The number of carbonyl (C=O) groups excluding carboxylic acids is 2. The molecule has 0 fully saturated rings. The maximum atomic E-state index is 12.4. The SMILES string of the molecule is CCCCCCCCCC(=O)C[N+](C)(C)CCSCC[N+](C)(C)CC(=O)CCCCCCCCC.Cl.Cl. The van der Waals surface area contributed by atoms with E-state index >= 15 is 0 Å². The zero-order valence-corrected chi connectivity index (χ0v) is 27.9. The third-order valence-corrected chi connectivity index (χ3v) is 7.95. The molecular formula is C30H64Cl2N2O2S+2. The van der Waals surface area contributed by atoms with E-state index < -0.39 is 0 Å². The van der Waals surface area contributed by atoms with Gasteiger partial charge in [-0.1, -0.05) is 90.9 Å². The Bertz CT molecular complexity index is 500. The van der Waals surface area contributed by atoms with Crippen molar-refractivity contribution in [3.05, 3.63) is 0 Å². The number of hydrogen-bond acceptors (Lipinski definition) is 3. The maximum Gasteiger partial charge on any atom is 0.186 e. The lowest BCUT2D eigenvalue weighted by Crippen LogP contribution is -2.46. The number of unbranched alkanes of at least 4 members (excludes halogenated alkanes) is 12. The molecule has 0 saturated heterocycles. The Labute approximate surface area is 248 Å². The molecule has 0 amide bonds. The van der Waals surface area contributed by atoms with Crippen molar-refractivity contribution in [1.82, 2.24) is 0 Å². The van der Waals surface area contributed by atoms with Crippen LogP contribution < -0.4 is 0 Å². The van der Waals surface area contributed by atoms with Crippen molar-refractivity contribution in [2.24, 2.45) is 0 Å². The van der Waals surface area contributed by atoms with Crippen LogP contribution in [0.1, 0.15) is 117 Å². The normalized spacial score (nSPS) is 11.6. The molecule has 0 aromatic heterocycles. The highest BCUT2D eigenvalue weighted by atomic mass is 35.5. The van der Waals surface area contributed by atoms with Crippen LogP contribution in [0.5, 0.6) is 0 Å². The molecular weight excluding hydrogens is 523 g/mol. The van der Waals surface area contributed by atoms with Gasteiger partial charge >= 0.3 is 0 Å². The van der Waals surface area contributed by atoms with Crippen molar-refractivity contribution in [1.29, 1.82) is 0 Å². The lowest BCUT2D eigenvalue weighted by Gasteiger charge is -2.30. The second-order valence-corrected chi connectivity index (χ2v) is 13.3. The number of likely N-dealkylation sites (N-methyl/N-ethyl adjacent to an activating group) is 2. The van der Waals surface area contributed by atoms with Crippen molar-refractivity contribution in [2.75, 3.05) is 65.9 Å². The average molecular weight is 588 g/mol. The maximum absolute atomic E-state index is 12.4. The smallest absolute Gasteiger partial charge is 0.186 e. The summed E-state index contributed by atoms with van der Waals surface area (Å²) in [4.78, 5) is 24.8. The van der Waals surface area contributed by atoms with Gasteiger partial charge < -0.3 is 8.97 Å². The van der Waals surface area contributed by atoms with Gasteiger partial charge in [0.15, 0.2) is 11.6 Å². The summed E-state index contributed by atoms with van der Waals surface area (Å²) in [5, 5.41) is 0. The van der Waals surface area contributed by atoms with Gasteiger partial charge in [-0.25, -0.2) is 0 Å². The molecule has 0 rings (SSSR count). The molecule has 0 aliphatic carbocycles. The first kappa shape index (κ1) is 41.7. The van der Waals surface area contributed by atoms with Crippen LogP contribution in [0, 0.1) is 0 Å². The molecule has 0 N–H and O–H groups in total. The molecule has 224 valence electrons. The topological polar surface area (TPSA) is 34.1 Å². The number of Topliss-reactive ketones (excluding diaryl/α,β-unsaturated/α-hetero) is 2. The summed E-state index contributed by atoms with van der Waals surface area (Å²) < 4.78 is 1.58. The van der Waals surface area contributed by atoms with E-state index in [0.717, 1.165) is 59.2 Å². The Morgan fingerprint density at radius 2 is 0.811 bits per heavy atom. The summed E-state index contributed by atoms with van der Waals surface area (Å²) in [5.41, 5.74) is 0. The van der Waals surface area contributed by atoms with E-state index in [0.29, 0.717) is 24.7 Å². The van der Waals surface area contributed by atoms with Crippen LogP contribution in [0.15, 0.2) is 0 Å². The van der Waals surface area contributed by atoms with Crippen LogP contribution in [0.3, 0.4) is 0 Å². The fraction of sp³-hybridized carbons (Fsp3) is 0.933. The molecule has 0 aliphatic heterocycles. The molecule has 0 radical (unpaired) electrons. The lowest BCUT2D eigenvalue weighted by atomic mass is 10.1. The Kier molecular flexibility index (Phi) is 29.7. The molecule has 0 unspecified atom stereocenters. The third-order valence-electron chi connectivity index (χ3n) is 7.01. The number of carbonyl (C=O) groups is 2. The van der Waals surface area contributed by atoms with Gasteiger partial charge in [0, 0.05) is 24.3 Å². The van der Waals surface area contributed by atoms with E-state index in [9.17, 15) is 9.59 Å². The predicted octanol–water partition coefficient (Wildman–Crippen LogP) is 8.14. The highest BCUT2D eigenvalue weighted by Crippen LogP contribution is 2.13. The number of ketones is 2. The number of nitrogens with zero attached hydrogens (tertiary/aromatic N) is 2. The Morgan fingerprint density at radius 1 is 0.514 bits per heavy atom. The van der Waals surface area contributed by atoms with Crippen LogP contribution in [0.4, 0.5) is 0 Å². The number of halogens is 2. The fourth-order valence-electron chi connectivity index (χ4n) is 4.56. The van der Waals surface area contributed by atoms with Crippen LogP contribution >= 0.6 is 36.6 Å². The molecule has 0 atom stereocenters. The monoisotopic (exact) mass is 586 g/mol. The number of rotatable bonds is 26. The summed E-state index contributed by atoms with van der Waals surface area (Å²) in [5.74, 6) is 2.99. The molecule has 0 aromatic carbocycles. The minimum Gasteiger partial charge on any atom is -0.322 e. The highest BCUT2D eigenvalue weighted by Gasteiger charge is 2.21. The van der Waals surface area contributed by atoms with Crippen molar-refractivity contribution >= 4 is 48.1 Å². The summed E-state index contributed by atoms with van der Waals surface area (Å²) in [7, 11) is 8.74. The first-order valence-electron chi connectivity index (χ1n) is 14.9. The molecule has 0 aromatic rings. The standard InChI is InChI=1S/C30H62N2O2S.2ClH/c1-7-9-11-13-15-17-19-21-29(33)27-31(3,4)23-25-35-26-24-32(5,6)28-30(34)22-20-18-16-14-12-10-8-2;;/h7-28H2,1-6H3;2*1H/q+2;;. The summed E-state index contributed by atoms with van der Waals surface area (Å²) >= 11 is 1.97. The summed E-state index contributed by atoms with van der Waals surface area (Å²) in [6, 6.07) is 0.